The Bertz CT molecular complexity index is 1000. The van der Waals surface area contributed by atoms with Gasteiger partial charge in [0.05, 0.1) is 40.3 Å². The van der Waals surface area contributed by atoms with Crippen molar-refractivity contribution < 1.29 is 28.0 Å². The van der Waals surface area contributed by atoms with E-state index in [1.54, 1.807) is 13.8 Å². The van der Waals surface area contributed by atoms with Crippen LogP contribution in [-0.2, 0) is 19.1 Å². The van der Waals surface area contributed by atoms with Gasteiger partial charge in [-0.15, -0.1) is 0 Å². The normalized spacial score (nSPS) is 46.9. The minimum Gasteiger partial charge on any atom is -0.456 e. The summed E-state index contributed by atoms with van der Waals surface area (Å²) in [6, 6.07) is 0.846. The number of carbonyl (C=O) groups excluding carboxylic acids is 2. The highest BCUT2D eigenvalue weighted by Crippen LogP contribution is 2.68. The predicted molar refractivity (Wildman–Crippen MR) is 161 cm³/mol. The van der Waals surface area contributed by atoms with E-state index in [9.17, 15) is 9.59 Å². The number of ether oxygens (including phenoxy) is 2. The first-order chi connectivity index (χ1) is 19.4. The molecule has 0 aromatic carbocycles. The third-order valence-corrected chi connectivity index (χ3v) is 14.5. The average molecular weight is 573 g/mol. The fraction of sp³-hybridized carbons (Fsp3) is 0.943. The van der Waals surface area contributed by atoms with Crippen LogP contribution in [-0.4, -0.2) is 85.5 Å². The number of likely N-dealkylation sites (N-methyl/N-ethyl adjacent to an activating group) is 2. The molecule has 6 rings (SSSR count). The van der Waals surface area contributed by atoms with Crippen molar-refractivity contribution in [3.8, 4) is 0 Å². The topological polar surface area (TPSA) is 52.6 Å². The molecule has 10 atom stereocenters. The summed E-state index contributed by atoms with van der Waals surface area (Å²) in [4.78, 5) is 24.8. The Balaban J connectivity index is 1.31. The predicted octanol–water partition coefficient (Wildman–Crippen LogP) is 6.11. The molecule has 2 saturated heterocycles. The average Bonchev–Trinajstić information content (AvgIpc) is 3.21. The van der Waals surface area contributed by atoms with Crippen molar-refractivity contribution in [1.29, 1.82) is 0 Å². The second-order valence-electron chi connectivity index (χ2n) is 16.7. The van der Waals surface area contributed by atoms with Crippen LogP contribution in [0.3, 0.4) is 0 Å². The van der Waals surface area contributed by atoms with Crippen LogP contribution in [0.15, 0.2) is 0 Å². The van der Waals surface area contributed by atoms with Crippen LogP contribution in [0.4, 0.5) is 0 Å². The van der Waals surface area contributed by atoms with E-state index >= 15 is 0 Å². The second-order valence-corrected chi connectivity index (χ2v) is 16.7. The summed E-state index contributed by atoms with van der Waals surface area (Å²) in [6.45, 7) is 13.3. The van der Waals surface area contributed by atoms with Crippen molar-refractivity contribution in [2.75, 3.05) is 40.3 Å². The number of esters is 2. The van der Waals surface area contributed by atoms with Gasteiger partial charge in [-0.3, -0.25) is 9.59 Å². The van der Waals surface area contributed by atoms with E-state index in [1.807, 2.05) is 0 Å². The van der Waals surface area contributed by atoms with Crippen LogP contribution >= 0.6 is 0 Å². The summed E-state index contributed by atoms with van der Waals surface area (Å²) in [5, 5.41) is 0. The minimum absolute atomic E-state index is 0.0462. The smallest absolute Gasteiger partial charge is 0.303 e. The molecule has 41 heavy (non-hydrogen) atoms. The Labute approximate surface area is 250 Å². The van der Waals surface area contributed by atoms with Crippen molar-refractivity contribution in [3.05, 3.63) is 0 Å². The molecule has 6 nitrogen and oxygen atoms in total. The molecule has 6 fully saturated rings. The lowest BCUT2D eigenvalue weighted by molar-refractivity contribution is -0.943. The van der Waals surface area contributed by atoms with Gasteiger partial charge in [0, 0.05) is 32.1 Å². The molecule has 232 valence electrons. The number of quaternary nitrogens is 2. The van der Waals surface area contributed by atoms with Crippen LogP contribution in [0.1, 0.15) is 111 Å². The highest BCUT2D eigenvalue weighted by Gasteiger charge is 2.68. The molecule has 2 heterocycles. The van der Waals surface area contributed by atoms with E-state index in [4.69, 9.17) is 9.47 Å². The Morgan fingerprint density at radius 3 is 1.85 bits per heavy atom. The van der Waals surface area contributed by atoms with Crippen LogP contribution in [0.2, 0.25) is 0 Å². The van der Waals surface area contributed by atoms with E-state index in [0.29, 0.717) is 35.3 Å². The van der Waals surface area contributed by atoms with Crippen LogP contribution in [0.25, 0.3) is 0 Å². The van der Waals surface area contributed by atoms with Gasteiger partial charge < -0.3 is 18.4 Å². The molecular formula is C35H60N2O4+2. The summed E-state index contributed by atoms with van der Waals surface area (Å²) in [7, 11) is 4.94. The zero-order valence-corrected chi connectivity index (χ0v) is 27.2. The molecule has 0 N–H and O–H groups in total. The van der Waals surface area contributed by atoms with Crippen LogP contribution in [0.5, 0.6) is 0 Å². The van der Waals surface area contributed by atoms with E-state index < -0.39 is 0 Å². The first kappa shape index (κ1) is 29.9. The Kier molecular flexibility index (Phi) is 7.87. The van der Waals surface area contributed by atoms with E-state index in [2.05, 4.69) is 27.9 Å². The fourth-order valence-electron chi connectivity index (χ4n) is 12.3. The zero-order chi connectivity index (χ0) is 29.2. The van der Waals surface area contributed by atoms with E-state index in [-0.39, 0.29) is 29.6 Å². The van der Waals surface area contributed by atoms with Gasteiger partial charge in [-0.1, -0.05) is 13.8 Å². The van der Waals surface area contributed by atoms with Crippen molar-refractivity contribution in [1.82, 2.24) is 0 Å². The van der Waals surface area contributed by atoms with Gasteiger partial charge in [0.1, 0.15) is 12.1 Å². The van der Waals surface area contributed by atoms with Crippen LogP contribution in [0, 0.1) is 34.5 Å². The van der Waals surface area contributed by atoms with Gasteiger partial charge in [0.2, 0.25) is 0 Å². The Hall–Kier alpha value is -1.14. The van der Waals surface area contributed by atoms with Crippen molar-refractivity contribution >= 4 is 11.9 Å². The van der Waals surface area contributed by atoms with Gasteiger partial charge in [0.15, 0.2) is 12.2 Å². The maximum atomic E-state index is 12.5. The molecule has 0 spiro atoms. The monoisotopic (exact) mass is 572 g/mol. The highest BCUT2D eigenvalue weighted by atomic mass is 16.5. The number of fused-ring (bicyclic) bond motifs is 5. The third-order valence-electron chi connectivity index (χ3n) is 14.5. The summed E-state index contributed by atoms with van der Waals surface area (Å²) in [5.74, 6) is 2.52. The van der Waals surface area contributed by atoms with Gasteiger partial charge in [-0.05, 0) is 99.7 Å². The number of piperidine rings is 2. The van der Waals surface area contributed by atoms with Crippen LogP contribution < -0.4 is 0 Å². The number of hydrogen-bond acceptors (Lipinski definition) is 4. The van der Waals surface area contributed by atoms with Crippen molar-refractivity contribution in [2.45, 2.75) is 135 Å². The molecule has 0 unspecified atom stereocenters. The lowest BCUT2D eigenvalue weighted by atomic mass is 9.44. The molecule has 0 radical (unpaired) electrons. The van der Waals surface area contributed by atoms with Gasteiger partial charge in [0.25, 0.3) is 0 Å². The van der Waals surface area contributed by atoms with Crippen molar-refractivity contribution in [3.63, 3.8) is 0 Å². The molecule has 6 aliphatic rings. The molecule has 0 bridgehead atoms. The van der Waals surface area contributed by atoms with Crippen molar-refractivity contribution in [2.24, 2.45) is 34.5 Å². The molecule has 0 aromatic rings. The number of nitrogens with zero attached hydrogens (tertiary/aromatic N) is 2. The third kappa shape index (κ3) is 4.99. The summed E-state index contributed by atoms with van der Waals surface area (Å²) in [6.07, 6.45) is 16.4. The highest BCUT2D eigenvalue weighted by molar-refractivity contribution is 5.66. The molecule has 6 heteroatoms. The van der Waals surface area contributed by atoms with Gasteiger partial charge in [-0.25, -0.2) is 0 Å². The summed E-state index contributed by atoms with van der Waals surface area (Å²) >= 11 is 0. The van der Waals surface area contributed by atoms with Gasteiger partial charge >= 0.3 is 11.9 Å². The largest absolute Gasteiger partial charge is 0.456 e. The lowest BCUT2D eigenvalue weighted by Crippen LogP contribution is -2.66. The maximum absolute atomic E-state index is 12.5. The Morgan fingerprint density at radius 1 is 0.683 bits per heavy atom. The van der Waals surface area contributed by atoms with E-state index in [1.165, 1.54) is 103 Å². The number of rotatable bonds is 4. The number of likely N-dealkylation sites (tertiary alicyclic amines) is 2. The fourth-order valence-corrected chi connectivity index (χ4v) is 12.3. The minimum atomic E-state index is -0.0998. The Morgan fingerprint density at radius 2 is 1.27 bits per heavy atom. The standard InChI is InChI=1S/C35H60N2O4/c1-24(38)40-32-21-26-13-14-27-28(35(26,4)23-31(32)37(6)19-11-8-12-20-37)15-16-34(3)29(27)22-30(33(34)41-25(2)39)36(5)17-9-7-10-18-36/h26-33H,7-23H2,1-6H3/q+2/t26-,27+,28-,29-,30+,31+,32-,33-,34-,35-/m0/s1. The first-order valence-corrected chi connectivity index (χ1v) is 17.4. The molecule has 2 aliphatic heterocycles. The molecule has 0 amide bonds. The molecule has 4 aliphatic carbocycles. The van der Waals surface area contributed by atoms with E-state index in [0.717, 1.165) is 21.3 Å². The second kappa shape index (κ2) is 10.8. The first-order valence-electron chi connectivity index (χ1n) is 17.4. The summed E-state index contributed by atoms with van der Waals surface area (Å²) < 4.78 is 14.7. The molecular weight excluding hydrogens is 512 g/mol. The van der Waals surface area contributed by atoms with Gasteiger partial charge in [-0.2, -0.15) is 0 Å². The SMILES string of the molecule is CC(=O)O[C@H]1C[C@@H]2CC[C@@H]3[C@H](CC[C@@]4(C)[C@H]3C[C@@H]([N+]3(C)CCCCC3)[C@@H]4OC(C)=O)[C@@]2(C)C[C@H]1[N+]1(C)CCCCC1. The maximum Gasteiger partial charge on any atom is 0.303 e. The zero-order valence-electron chi connectivity index (χ0n) is 27.2. The number of carbonyl (C=O) groups is 2. The quantitative estimate of drug-likeness (QED) is 0.301. The number of hydrogen-bond donors (Lipinski definition) is 0. The molecule has 0 aromatic heterocycles. The molecule has 4 saturated carbocycles. The summed E-state index contributed by atoms with van der Waals surface area (Å²) in [5.41, 5.74) is 0.377. The lowest BCUT2D eigenvalue weighted by Gasteiger charge is -2.63.